The second kappa shape index (κ2) is 13.0. The number of hydrazine groups is 1. The number of nitrogens with zero attached hydrogens (tertiary/aromatic N) is 2. The molecular weight excluding hydrogens is 532 g/mol. The molecule has 2 aliphatic rings. The number of allylic oxidation sites excluding steroid dienone is 1. The monoisotopic (exact) mass is 576 g/mol. The minimum Gasteiger partial charge on any atom is -0.401 e. The minimum absolute atomic E-state index is 0.0228. The van der Waals surface area contributed by atoms with Crippen molar-refractivity contribution in [3.05, 3.63) is 72.1 Å². The van der Waals surface area contributed by atoms with Gasteiger partial charge in [-0.3, -0.25) is 14.4 Å². The lowest BCUT2D eigenvalue weighted by molar-refractivity contribution is -0.146. The minimum atomic E-state index is -0.995. The molecule has 0 aromatic heterocycles. The first kappa shape index (κ1) is 31.1. The number of nitrogens with two attached hydrogens (primary N) is 3. The van der Waals surface area contributed by atoms with Gasteiger partial charge in [-0.05, 0) is 41.4 Å². The number of hydrogen-bond donors (Lipinski definition) is 5. The first-order chi connectivity index (χ1) is 19.9. The number of benzene rings is 2. The molecule has 42 heavy (non-hydrogen) atoms. The van der Waals surface area contributed by atoms with Crippen molar-refractivity contribution in [1.29, 1.82) is 0 Å². The highest BCUT2D eigenvalue weighted by Gasteiger charge is 2.46. The van der Waals surface area contributed by atoms with Crippen LogP contribution in [0.1, 0.15) is 52.0 Å². The quantitative estimate of drug-likeness (QED) is 0.190. The number of β-amino-alcohol motifs (C(OH)–C–C–N with tert-alkyl or cyclic N) is 1. The molecular formula is C32H44N6O4. The highest BCUT2D eigenvalue weighted by molar-refractivity contribution is 5.93. The van der Waals surface area contributed by atoms with Gasteiger partial charge in [0, 0.05) is 37.2 Å². The van der Waals surface area contributed by atoms with Crippen LogP contribution in [0.4, 0.5) is 0 Å². The molecule has 0 spiro atoms. The van der Waals surface area contributed by atoms with E-state index in [2.05, 4.69) is 5.32 Å². The molecule has 226 valence electrons. The van der Waals surface area contributed by atoms with Gasteiger partial charge in [-0.2, -0.15) is 0 Å². The normalized spacial score (nSPS) is 20.6. The van der Waals surface area contributed by atoms with E-state index in [1.807, 2.05) is 75.4 Å². The van der Waals surface area contributed by atoms with Crippen LogP contribution in [0.3, 0.4) is 0 Å². The van der Waals surface area contributed by atoms with Crippen LogP contribution in [-0.4, -0.2) is 63.5 Å². The van der Waals surface area contributed by atoms with Crippen molar-refractivity contribution in [3.63, 3.8) is 0 Å². The highest BCUT2D eigenvalue weighted by atomic mass is 16.3. The van der Waals surface area contributed by atoms with Crippen molar-refractivity contribution in [1.82, 2.24) is 15.2 Å². The molecule has 0 radical (unpaired) electrons. The fourth-order valence-electron chi connectivity index (χ4n) is 5.48. The molecule has 1 aliphatic carbocycles. The molecule has 1 saturated carbocycles. The number of primary amides is 1. The molecule has 2 aromatic carbocycles. The van der Waals surface area contributed by atoms with Crippen molar-refractivity contribution < 1.29 is 19.5 Å². The van der Waals surface area contributed by atoms with Crippen LogP contribution in [0.25, 0.3) is 11.1 Å². The van der Waals surface area contributed by atoms with E-state index in [0.717, 1.165) is 29.5 Å². The smallest absolute Gasteiger partial charge is 0.248 e. The Balaban J connectivity index is 1.49. The Hall–Kier alpha value is -3.89. The van der Waals surface area contributed by atoms with E-state index in [-0.39, 0.29) is 31.2 Å². The van der Waals surface area contributed by atoms with E-state index in [4.69, 9.17) is 17.3 Å². The van der Waals surface area contributed by atoms with Gasteiger partial charge in [0.2, 0.25) is 17.7 Å². The zero-order valence-corrected chi connectivity index (χ0v) is 24.7. The molecule has 4 atom stereocenters. The second-order valence-corrected chi connectivity index (χ2v) is 12.2. The number of likely N-dealkylation sites (tertiary alicyclic amines) is 1. The predicted octanol–water partition coefficient (Wildman–Crippen LogP) is 2.02. The number of carbonyl (C=O) groups is 3. The maximum atomic E-state index is 14.0. The van der Waals surface area contributed by atoms with Crippen LogP contribution in [0.2, 0.25) is 0 Å². The highest BCUT2D eigenvalue weighted by Crippen LogP contribution is 2.36. The van der Waals surface area contributed by atoms with E-state index in [1.165, 1.54) is 9.91 Å². The molecule has 8 N–H and O–H groups in total. The Kier molecular flexibility index (Phi) is 9.58. The third-order valence-electron chi connectivity index (χ3n) is 8.56. The van der Waals surface area contributed by atoms with Gasteiger partial charge in [-0.1, -0.05) is 75.4 Å². The Morgan fingerprint density at radius 2 is 1.69 bits per heavy atom. The van der Waals surface area contributed by atoms with Crippen LogP contribution >= 0.6 is 0 Å². The fourth-order valence-corrected chi connectivity index (χ4v) is 5.48. The van der Waals surface area contributed by atoms with E-state index in [9.17, 15) is 19.5 Å². The lowest BCUT2D eigenvalue weighted by Crippen LogP contribution is -2.60. The molecule has 1 saturated heterocycles. The Labute approximate surface area is 247 Å². The summed E-state index contributed by atoms with van der Waals surface area (Å²) in [5.74, 6) is 5.08. The van der Waals surface area contributed by atoms with Gasteiger partial charge in [0.25, 0.3) is 0 Å². The molecule has 1 aliphatic heterocycles. The first-order valence-electron chi connectivity index (χ1n) is 14.6. The van der Waals surface area contributed by atoms with Gasteiger partial charge < -0.3 is 31.8 Å². The Morgan fingerprint density at radius 1 is 1.07 bits per heavy atom. The number of carbonyl (C=O) groups excluding carboxylic acids is 3. The predicted molar refractivity (Wildman–Crippen MR) is 162 cm³/mol. The summed E-state index contributed by atoms with van der Waals surface area (Å²) in [6.07, 6.45) is 3.56. The molecule has 10 heteroatoms. The molecule has 1 unspecified atom stereocenters. The van der Waals surface area contributed by atoms with E-state index < -0.39 is 41.5 Å². The van der Waals surface area contributed by atoms with Gasteiger partial charge in [-0.25, -0.2) is 5.84 Å². The summed E-state index contributed by atoms with van der Waals surface area (Å²) in [6.45, 7) is 5.81. The molecule has 10 nitrogen and oxygen atoms in total. The van der Waals surface area contributed by atoms with Crippen molar-refractivity contribution >= 4 is 17.7 Å². The average molecular weight is 577 g/mol. The zero-order chi connectivity index (χ0) is 30.6. The standard InChI is InChI=1S/C32H44N6O4/c1-4-32(2,3)28(38(35)19-25(33)23-14-15-23)31(42)37-18-24(39)17-27(37)30(41)36-26(29(34)40)16-20-10-12-22(13-11-20)21-8-6-5-7-9-21/h5-13,19,23-24,26-28,39H,4,14-18,33,35H2,1-3H3,(H2,34,40)(H,36,41)/b25-19-/t24-,26-,27+,28?/m1/s1. The number of aliphatic hydroxyl groups excluding tert-OH is 1. The second-order valence-electron chi connectivity index (χ2n) is 12.2. The van der Waals surface area contributed by atoms with Gasteiger partial charge in [-0.15, -0.1) is 0 Å². The summed E-state index contributed by atoms with van der Waals surface area (Å²) in [4.78, 5) is 41.3. The number of hydrogen-bond acceptors (Lipinski definition) is 7. The summed E-state index contributed by atoms with van der Waals surface area (Å²) in [5.41, 5.74) is 14.9. The first-order valence-corrected chi connectivity index (χ1v) is 14.6. The fraction of sp³-hybridized carbons (Fsp3) is 0.469. The molecule has 0 bridgehead atoms. The summed E-state index contributed by atoms with van der Waals surface area (Å²) in [5, 5.41) is 14.6. The number of nitrogens with one attached hydrogen (secondary N) is 1. The van der Waals surface area contributed by atoms with Gasteiger partial charge in [0.1, 0.15) is 18.1 Å². The maximum absolute atomic E-state index is 14.0. The zero-order valence-electron chi connectivity index (χ0n) is 24.7. The SMILES string of the molecule is CCC(C)(C)C(C(=O)N1C[C@H](O)C[C@H]1C(=O)N[C@H](Cc1ccc(-c2ccccc2)cc1)C(N)=O)N(N)/C=C(\N)C1CC1. The summed E-state index contributed by atoms with van der Waals surface area (Å²) in [7, 11) is 0. The summed E-state index contributed by atoms with van der Waals surface area (Å²) in [6, 6.07) is 14.8. The largest absolute Gasteiger partial charge is 0.401 e. The van der Waals surface area contributed by atoms with E-state index in [1.54, 1.807) is 6.20 Å². The Bertz CT molecular complexity index is 1290. The molecule has 1 heterocycles. The van der Waals surface area contributed by atoms with E-state index in [0.29, 0.717) is 12.1 Å². The van der Waals surface area contributed by atoms with Crippen LogP contribution in [0, 0.1) is 11.3 Å². The lowest BCUT2D eigenvalue weighted by atomic mass is 9.80. The molecule has 4 rings (SSSR count). The number of rotatable bonds is 12. The van der Waals surface area contributed by atoms with Crippen LogP contribution < -0.4 is 22.6 Å². The number of amides is 3. The average Bonchev–Trinajstić information content (AvgIpc) is 3.74. The van der Waals surface area contributed by atoms with Crippen molar-refractivity contribution in [2.75, 3.05) is 6.54 Å². The third-order valence-corrected chi connectivity index (χ3v) is 8.56. The third kappa shape index (κ3) is 7.30. The molecule has 2 aromatic rings. The maximum Gasteiger partial charge on any atom is 0.248 e. The summed E-state index contributed by atoms with van der Waals surface area (Å²) >= 11 is 0. The van der Waals surface area contributed by atoms with Crippen LogP contribution in [0.5, 0.6) is 0 Å². The van der Waals surface area contributed by atoms with Gasteiger partial charge in [0.15, 0.2) is 0 Å². The Morgan fingerprint density at radius 3 is 2.26 bits per heavy atom. The molecule has 3 amide bonds. The lowest BCUT2D eigenvalue weighted by Gasteiger charge is -2.41. The van der Waals surface area contributed by atoms with Crippen molar-refractivity contribution in [2.45, 2.75) is 77.1 Å². The van der Waals surface area contributed by atoms with Crippen molar-refractivity contribution in [3.8, 4) is 11.1 Å². The molecule has 2 fully saturated rings. The van der Waals surface area contributed by atoms with E-state index >= 15 is 0 Å². The topological polar surface area (TPSA) is 168 Å². The van der Waals surface area contributed by atoms with Crippen LogP contribution in [-0.2, 0) is 20.8 Å². The van der Waals surface area contributed by atoms with Gasteiger partial charge in [0.05, 0.1) is 6.10 Å². The van der Waals surface area contributed by atoms with Crippen molar-refractivity contribution in [2.24, 2.45) is 28.6 Å². The number of aliphatic hydroxyl groups is 1. The van der Waals surface area contributed by atoms with Gasteiger partial charge >= 0.3 is 0 Å². The van der Waals surface area contributed by atoms with Crippen LogP contribution in [0.15, 0.2) is 66.5 Å². The summed E-state index contributed by atoms with van der Waals surface area (Å²) < 4.78 is 0.